The summed E-state index contributed by atoms with van der Waals surface area (Å²) in [6.45, 7) is 0.336. The van der Waals surface area contributed by atoms with E-state index in [1.165, 1.54) is 28.6 Å². The first kappa shape index (κ1) is 23.0. The number of carbonyl (C=O) groups is 1. The van der Waals surface area contributed by atoms with E-state index in [1.807, 2.05) is 12.1 Å². The van der Waals surface area contributed by atoms with Crippen LogP contribution in [0.4, 0.5) is 5.69 Å². The average molecular weight is 485 g/mol. The Morgan fingerprint density at radius 1 is 0.939 bits per heavy atom. The number of sulfonamides is 1. The molecule has 1 atom stereocenters. The number of amides is 1. The molecular weight excluding hydrogens is 460 g/mol. The van der Waals surface area contributed by atoms with Crippen molar-refractivity contribution in [1.82, 2.24) is 5.32 Å². The van der Waals surface area contributed by atoms with Gasteiger partial charge in [0.1, 0.15) is 9.84 Å². The number of fused-ring (bicyclic) bond motifs is 1. The topological polar surface area (TPSA) is 101 Å². The highest BCUT2D eigenvalue weighted by atomic mass is 32.2. The van der Waals surface area contributed by atoms with Crippen molar-refractivity contribution in [2.45, 2.75) is 17.4 Å². The van der Waals surface area contributed by atoms with Gasteiger partial charge >= 0.3 is 0 Å². The van der Waals surface area contributed by atoms with Crippen molar-refractivity contribution in [1.29, 1.82) is 0 Å². The fourth-order valence-corrected chi connectivity index (χ4v) is 6.36. The van der Waals surface area contributed by atoms with Gasteiger partial charge in [-0.05, 0) is 41.8 Å². The lowest BCUT2D eigenvalue weighted by Gasteiger charge is -2.21. The number of hydrogen-bond acceptors (Lipinski definition) is 5. The Morgan fingerprint density at radius 2 is 1.64 bits per heavy atom. The maximum Gasteiger partial charge on any atom is 0.264 e. The third-order valence-electron chi connectivity index (χ3n) is 5.51. The predicted octanol–water partition coefficient (Wildman–Crippen LogP) is 2.95. The maximum absolute atomic E-state index is 13.3. The SMILES string of the molecule is CS(=O)(=O)CC(NC(=O)c1cccc(S(=O)(=O)N2CCc3ccccc32)c1)c1ccccc1. The van der Waals surface area contributed by atoms with Crippen LogP contribution in [0.2, 0.25) is 0 Å². The zero-order valence-corrected chi connectivity index (χ0v) is 19.6. The average Bonchev–Trinajstić information content (AvgIpc) is 3.23. The Hall–Kier alpha value is -3.17. The minimum absolute atomic E-state index is 0.00577. The van der Waals surface area contributed by atoms with E-state index in [2.05, 4.69) is 5.32 Å². The van der Waals surface area contributed by atoms with Crippen LogP contribution >= 0.6 is 0 Å². The van der Waals surface area contributed by atoms with Crippen LogP contribution in [-0.4, -0.2) is 41.3 Å². The van der Waals surface area contributed by atoms with Crippen molar-refractivity contribution in [3.63, 3.8) is 0 Å². The summed E-state index contributed by atoms with van der Waals surface area (Å²) < 4.78 is 51.9. The van der Waals surface area contributed by atoms with Crippen LogP contribution in [-0.2, 0) is 26.3 Å². The van der Waals surface area contributed by atoms with E-state index in [-0.39, 0.29) is 16.2 Å². The van der Waals surface area contributed by atoms with Gasteiger partial charge in [-0.2, -0.15) is 0 Å². The minimum atomic E-state index is -3.86. The molecule has 1 unspecified atom stereocenters. The zero-order valence-electron chi connectivity index (χ0n) is 18.0. The first-order chi connectivity index (χ1) is 15.6. The Balaban J connectivity index is 1.61. The smallest absolute Gasteiger partial charge is 0.264 e. The van der Waals surface area contributed by atoms with Gasteiger partial charge in [-0.25, -0.2) is 16.8 Å². The minimum Gasteiger partial charge on any atom is -0.344 e. The largest absolute Gasteiger partial charge is 0.344 e. The summed E-state index contributed by atoms with van der Waals surface area (Å²) in [4.78, 5) is 13.0. The molecule has 0 aromatic heterocycles. The Labute approximate surface area is 194 Å². The van der Waals surface area contributed by atoms with Gasteiger partial charge < -0.3 is 5.32 Å². The molecule has 0 saturated heterocycles. The molecule has 4 rings (SSSR count). The summed E-state index contributed by atoms with van der Waals surface area (Å²) in [6.07, 6.45) is 1.73. The molecule has 0 saturated carbocycles. The summed E-state index contributed by atoms with van der Waals surface area (Å²) in [5.74, 6) is -0.822. The lowest BCUT2D eigenvalue weighted by atomic mass is 10.1. The van der Waals surface area contributed by atoms with Gasteiger partial charge in [-0.1, -0.05) is 54.6 Å². The second-order valence-corrected chi connectivity index (χ2v) is 12.1. The van der Waals surface area contributed by atoms with E-state index >= 15 is 0 Å². The molecule has 0 radical (unpaired) electrons. The molecular formula is C24H24N2O5S2. The van der Waals surface area contributed by atoms with E-state index in [4.69, 9.17) is 0 Å². The van der Waals surface area contributed by atoms with Gasteiger partial charge in [0.15, 0.2) is 0 Å². The Morgan fingerprint density at radius 3 is 2.36 bits per heavy atom. The van der Waals surface area contributed by atoms with Crippen LogP contribution < -0.4 is 9.62 Å². The second-order valence-electron chi connectivity index (χ2n) is 8.01. The van der Waals surface area contributed by atoms with Gasteiger partial charge in [0.05, 0.1) is 22.4 Å². The van der Waals surface area contributed by atoms with Crippen molar-refractivity contribution >= 4 is 31.5 Å². The van der Waals surface area contributed by atoms with Crippen LogP contribution in [0, 0.1) is 0 Å². The molecule has 0 spiro atoms. The second kappa shape index (κ2) is 8.99. The molecule has 9 heteroatoms. The van der Waals surface area contributed by atoms with Gasteiger partial charge in [-0.3, -0.25) is 9.10 Å². The maximum atomic E-state index is 13.3. The van der Waals surface area contributed by atoms with Crippen LogP contribution in [0.15, 0.2) is 83.8 Å². The number of nitrogens with one attached hydrogen (secondary N) is 1. The summed E-state index contributed by atoms with van der Waals surface area (Å²) in [5, 5.41) is 2.74. The lowest BCUT2D eigenvalue weighted by molar-refractivity contribution is 0.0940. The third-order valence-corrected chi connectivity index (χ3v) is 8.25. The van der Waals surface area contributed by atoms with Crippen LogP contribution in [0.5, 0.6) is 0 Å². The van der Waals surface area contributed by atoms with Crippen LogP contribution in [0.3, 0.4) is 0 Å². The Bertz CT molecular complexity index is 1390. The van der Waals surface area contributed by atoms with Crippen molar-refractivity contribution < 1.29 is 21.6 Å². The van der Waals surface area contributed by atoms with E-state index in [9.17, 15) is 21.6 Å². The number of rotatable bonds is 7. The number of para-hydroxylation sites is 1. The molecule has 1 aliphatic heterocycles. The molecule has 1 N–H and O–H groups in total. The van der Waals surface area contributed by atoms with Crippen molar-refractivity contribution in [2.75, 3.05) is 22.9 Å². The molecule has 1 aliphatic rings. The van der Waals surface area contributed by atoms with Gasteiger partial charge in [0, 0.05) is 18.4 Å². The predicted molar refractivity (Wildman–Crippen MR) is 127 cm³/mol. The van der Waals surface area contributed by atoms with Gasteiger partial charge in [0.25, 0.3) is 15.9 Å². The first-order valence-corrected chi connectivity index (χ1v) is 13.9. The highest BCUT2D eigenvalue weighted by Gasteiger charge is 2.31. The van der Waals surface area contributed by atoms with Crippen LogP contribution in [0.1, 0.15) is 27.5 Å². The Kier molecular flexibility index (Phi) is 6.27. The molecule has 7 nitrogen and oxygen atoms in total. The van der Waals surface area contributed by atoms with Crippen molar-refractivity contribution in [2.24, 2.45) is 0 Å². The fourth-order valence-electron chi connectivity index (χ4n) is 3.93. The van der Waals surface area contributed by atoms with Gasteiger partial charge in [-0.15, -0.1) is 0 Å². The molecule has 3 aromatic carbocycles. The molecule has 1 heterocycles. The number of hydrogen-bond donors (Lipinski definition) is 1. The summed E-state index contributed by atoms with van der Waals surface area (Å²) in [6, 6.07) is 21.2. The van der Waals surface area contributed by atoms with Gasteiger partial charge in [0.2, 0.25) is 0 Å². The lowest BCUT2D eigenvalue weighted by Crippen LogP contribution is -2.33. The zero-order chi connectivity index (χ0) is 23.6. The first-order valence-electron chi connectivity index (χ1n) is 10.4. The number of carbonyl (C=O) groups excluding carboxylic acids is 1. The summed E-state index contributed by atoms with van der Waals surface area (Å²) in [5.41, 5.74) is 2.39. The van der Waals surface area contributed by atoms with E-state index in [0.29, 0.717) is 24.2 Å². The summed E-state index contributed by atoms with van der Waals surface area (Å²) in [7, 11) is -7.25. The molecule has 33 heavy (non-hydrogen) atoms. The fraction of sp³-hybridized carbons (Fsp3) is 0.208. The molecule has 1 amide bonds. The highest BCUT2D eigenvalue weighted by molar-refractivity contribution is 7.92. The number of anilines is 1. The highest BCUT2D eigenvalue weighted by Crippen LogP contribution is 2.32. The van der Waals surface area contributed by atoms with E-state index < -0.39 is 31.8 Å². The molecule has 0 aliphatic carbocycles. The monoisotopic (exact) mass is 484 g/mol. The number of benzene rings is 3. The molecule has 0 fully saturated rings. The molecule has 3 aromatic rings. The molecule has 172 valence electrons. The number of sulfone groups is 1. The normalized spacial score (nSPS) is 14.5. The third kappa shape index (κ3) is 5.09. The van der Waals surface area contributed by atoms with Crippen molar-refractivity contribution in [3.8, 4) is 0 Å². The number of nitrogens with zero attached hydrogens (tertiary/aromatic N) is 1. The van der Waals surface area contributed by atoms with Crippen molar-refractivity contribution in [3.05, 3.63) is 95.6 Å². The van der Waals surface area contributed by atoms with Crippen LogP contribution in [0.25, 0.3) is 0 Å². The molecule has 0 bridgehead atoms. The quantitative estimate of drug-likeness (QED) is 0.556. The summed E-state index contributed by atoms with van der Waals surface area (Å²) >= 11 is 0. The van der Waals surface area contributed by atoms with E-state index in [1.54, 1.807) is 42.5 Å². The standard InChI is InChI=1S/C24H24N2O5S2/c1-32(28,29)17-22(18-8-3-2-4-9-18)25-24(27)20-11-7-12-21(16-20)33(30,31)26-15-14-19-10-5-6-13-23(19)26/h2-13,16,22H,14-15,17H2,1H3,(H,25,27). The van der Waals surface area contributed by atoms with E-state index in [0.717, 1.165) is 11.8 Å².